The van der Waals surface area contributed by atoms with Crippen LogP contribution in [0.1, 0.15) is 33.2 Å². The van der Waals surface area contributed by atoms with E-state index < -0.39 is 5.97 Å². The number of rotatable bonds is 5. The lowest BCUT2D eigenvalue weighted by molar-refractivity contribution is 0.0734. The second kappa shape index (κ2) is 8.39. The molecule has 0 spiro atoms. The first kappa shape index (κ1) is 20.3. The van der Waals surface area contributed by atoms with Gasteiger partial charge in [0.05, 0.1) is 11.1 Å². The van der Waals surface area contributed by atoms with Crippen molar-refractivity contribution in [3.05, 3.63) is 83.4 Å². The third-order valence-corrected chi connectivity index (χ3v) is 5.09. The van der Waals surface area contributed by atoms with E-state index in [4.69, 9.17) is 4.74 Å². The highest BCUT2D eigenvalue weighted by Crippen LogP contribution is 2.22. The first-order valence-electron chi connectivity index (χ1n) is 9.96. The summed E-state index contributed by atoms with van der Waals surface area (Å²) in [5, 5.41) is 8.13. The number of aryl methyl sites for hydroxylation is 2. The fourth-order valence-electron chi connectivity index (χ4n) is 3.24. The number of anilines is 1. The molecule has 1 amide bonds. The van der Waals surface area contributed by atoms with Gasteiger partial charge in [0.1, 0.15) is 11.3 Å². The highest BCUT2D eigenvalue weighted by molar-refractivity contribution is 6.05. The van der Waals surface area contributed by atoms with Crippen LogP contribution < -0.4 is 9.64 Å². The summed E-state index contributed by atoms with van der Waals surface area (Å²) in [6, 6.07) is 19.4. The second-order valence-electron chi connectivity index (χ2n) is 7.22. The van der Waals surface area contributed by atoms with Crippen LogP contribution in [0.25, 0.3) is 11.0 Å². The van der Waals surface area contributed by atoms with Crippen molar-refractivity contribution in [3.63, 3.8) is 0 Å². The molecule has 7 heteroatoms. The standard InChI is InChI=1S/C24H22N4O3/c1-4-28-22-14-9-18(15-21(22)25-26-28)24(30)31-20-12-10-19(11-13-20)27(3)23(29)17-7-5-16(2)6-8-17/h5-15H,4H2,1-3H3. The van der Waals surface area contributed by atoms with Crippen molar-refractivity contribution in [3.8, 4) is 5.75 Å². The molecule has 0 aliphatic heterocycles. The molecule has 0 aliphatic carbocycles. The van der Waals surface area contributed by atoms with Crippen molar-refractivity contribution in [2.45, 2.75) is 20.4 Å². The highest BCUT2D eigenvalue weighted by Gasteiger charge is 2.15. The third-order valence-electron chi connectivity index (χ3n) is 5.09. The Hall–Kier alpha value is -4.00. The number of carbonyl (C=O) groups excluding carboxylic acids is 2. The van der Waals surface area contributed by atoms with E-state index >= 15 is 0 Å². The molecule has 0 saturated carbocycles. The third kappa shape index (κ3) is 4.16. The van der Waals surface area contributed by atoms with Gasteiger partial charge in [-0.1, -0.05) is 22.9 Å². The summed E-state index contributed by atoms with van der Waals surface area (Å²) in [4.78, 5) is 26.8. The number of nitrogens with zero attached hydrogens (tertiary/aromatic N) is 4. The average Bonchev–Trinajstić information content (AvgIpc) is 3.21. The molecular weight excluding hydrogens is 392 g/mol. The van der Waals surface area contributed by atoms with Crippen LogP contribution in [0.4, 0.5) is 5.69 Å². The quantitative estimate of drug-likeness (QED) is 0.360. The molecule has 0 bridgehead atoms. The largest absolute Gasteiger partial charge is 0.423 e. The van der Waals surface area contributed by atoms with Gasteiger partial charge in [-0.15, -0.1) is 5.10 Å². The van der Waals surface area contributed by atoms with Gasteiger partial charge in [0.2, 0.25) is 0 Å². The molecule has 0 fully saturated rings. The number of benzene rings is 3. The molecule has 1 aromatic heterocycles. The molecule has 0 radical (unpaired) electrons. The summed E-state index contributed by atoms with van der Waals surface area (Å²) in [5.74, 6) is -0.204. The second-order valence-corrected chi connectivity index (χ2v) is 7.22. The lowest BCUT2D eigenvalue weighted by Gasteiger charge is -2.18. The zero-order valence-electron chi connectivity index (χ0n) is 17.6. The van der Waals surface area contributed by atoms with Crippen LogP contribution >= 0.6 is 0 Å². The van der Waals surface area contributed by atoms with Gasteiger partial charge in [0.25, 0.3) is 5.91 Å². The number of ether oxygens (including phenoxy) is 1. The van der Waals surface area contributed by atoms with Gasteiger partial charge in [0.15, 0.2) is 0 Å². The molecule has 0 N–H and O–H groups in total. The van der Waals surface area contributed by atoms with Crippen LogP contribution in [-0.4, -0.2) is 33.9 Å². The van der Waals surface area contributed by atoms with Crippen molar-refractivity contribution in [2.75, 3.05) is 11.9 Å². The Labute approximate surface area is 179 Å². The molecule has 0 unspecified atom stereocenters. The number of esters is 1. The minimum absolute atomic E-state index is 0.113. The summed E-state index contributed by atoms with van der Waals surface area (Å²) >= 11 is 0. The minimum Gasteiger partial charge on any atom is -0.423 e. The maximum absolute atomic E-state index is 12.7. The van der Waals surface area contributed by atoms with Crippen LogP contribution in [0.15, 0.2) is 66.7 Å². The van der Waals surface area contributed by atoms with Crippen molar-refractivity contribution >= 4 is 28.6 Å². The number of fused-ring (bicyclic) bond motifs is 1. The van der Waals surface area contributed by atoms with Crippen molar-refractivity contribution in [1.82, 2.24) is 15.0 Å². The van der Waals surface area contributed by atoms with Crippen LogP contribution in [0.3, 0.4) is 0 Å². The van der Waals surface area contributed by atoms with E-state index in [1.165, 1.54) is 0 Å². The first-order chi connectivity index (χ1) is 15.0. The molecule has 4 aromatic rings. The average molecular weight is 414 g/mol. The Morgan fingerprint density at radius 2 is 1.65 bits per heavy atom. The zero-order valence-corrected chi connectivity index (χ0v) is 17.6. The molecule has 156 valence electrons. The zero-order chi connectivity index (χ0) is 22.0. The topological polar surface area (TPSA) is 77.3 Å². The number of hydrogen-bond donors (Lipinski definition) is 0. The van der Waals surface area contributed by atoms with E-state index in [1.54, 1.807) is 65.2 Å². The first-order valence-corrected chi connectivity index (χ1v) is 9.96. The molecule has 0 aliphatic rings. The van der Waals surface area contributed by atoms with Gasteiger partial charge in [-0.05, 0) is 68.4 Å². The molecule has 1 heterocycles. The highest BCUT2D eigenvalue weighted by atomic mass is 16.5. The van der Waals surface area contributed by atoms with E-state index in [9.17, 15) is 9.59 Å². The van der Waals surface area contributed by atoms with E-state index in [-0.39, 0.29) is 5.91 Å². The summed E-state index contributed by atoms with van der Waals surface area (Å²) in [6.45, 7) is 4.66. The van der Waals surface area contributed by atoms with Crippen molar-refractivity contribution < 1.29 is 14.3 Å². The summed E-state index contributed by atoms with van der Waals surface area (Å²) in [5.41, 5.74) is 4.31. The minimum atomic E-state index is -0.482. The van der Waals surface area contributed by atoms with Crippen molar-refractivity contribution in [2.24, 2.45) is 0 Å². The SMILES string of the molecule is CCn1nnc2cc(C(=O)Oc3ccc(N(C)C(=O)c4ccc(C)cc4)cc3)ccc21. The van der Waals surface area contributed by atoms with E-state index in [2.05, 4.69) is 10.3 Å². The van der Waals surface area contributed by atoms with Gasteiger partial charge in [0, 0.05) is 24.8 Å². The van der Waals surface area contributed by atoms with Gasteiger partial charge in [-0.2, -0.15) is 0 Å². The van der Waals surface area contributed by atoms with Crippen LogP contribution in [0.5, 0.6) is 5.75 Å². The van der Waals surface area contributed by atoms with Crippen LogP contribution in [-0.2, 0) is 6.54 Å². The fourth-order valence-corrected chi connectivity index (χ4v) is 3.24. The Bertz CT molecular complexity index is 1240. The van der Waals surface area contributed by atoms with Gasteiger partial charge >= 0.3 is 5.97 Å². The Morgan fingerprint density at radius 1 is 0.968 bits per heavy atom. The summed E-state index contributed by atoms with van der Waals surface area (Å²) in [7, 11) is 1.71. The maximum Gasteiger partial charge on any atom is 0.343 e. The van der Waals surface area contributed by atoms with Crippen molar-refractivity contribution in [1.29, 1.82) is 0 Å². The van der Waals surface area contributed by atoms with E-state index in [0.29, 0.717) is 34.6 Å². The lowest BCUT2D eigenvalue weighted by atomic mass is 10.1. The number of carbonyl (C=O) groups is 2. The normalized spacial score (nSPS) is 10.8. The smallest absolute Gasteiger partial charge is 0.343 e. The van der Waals surface area contributed by atoms with Gasteiger partial charge < -0.3 is 9.64 Å². The van der Waals surface area contributed by atoms with Gasteiger partial charge in [-0.25, -0.2) is 9.48 Å². The van der Waals surface area contributed by atoms with E-state index in [1.807, 2.05) is 32.0 Å². The maximum atomic E-state index is 12.7. The van der Waals surface area contributed by atoms with E-state index in [0.717, 1.165) is 11.1 Å². The monoisotopic (exact) mass is 414 g/mol. The fraction of sp³-hybridized carbons (Fsp3) is 0.167. The predicted octanol–water partition coefficient (Wildman–Crippen LogP) is 4.26. The molecule has 3 aromatic carbocycles. The Morgan fingerprint density at radius 3 is 2.32 bits per heavy atom. The Balaban J connectivity index is 1.46. The summed E-state index contributed by atoms with van der Waals surface area (Å²) in [6.07, 6.45) is 0. The van der Waals surface area contributed by atoms with Crippen LogP contribution in [0, 0.1) is 6.92 Å². The molecule has 0 atom stereocenters. The predicted molar refractivity (Wildman–Crippen MR) is 119 cm³/mol. The Kier molecular flexibility index (Phi) is 5.49. The summed E-state index contributed by atoms with van der Waals surface area (Å²) < 4.78 is 7.24. The molecule has 4 rings (SSSR count). The molecular formula is C24H22N4O3. The number of hydrogen-bond acceptors (Lipinski definition) is 5. The number of aromatic nitrogens is 3. The molecule has 7 nitrogen and oxygen atoms in total. The number of amides is 1. The lowest BCUT2D eigenvalue weighted by Crippen LogP contribution is -2.26. The molecule has 31 heavy (non-hydrogen) atoms. The van der Waals surface area contributed by atoms with Crippen LogP contribution in [0.2, 0.25) is 0 Å². The molecule has 0 saturated heterocycles. The van der Waals surface area contributed by atoms with Gasteiger partial charge in [-0.3, -0.25) is 4.79 Å².